The molecular weight excluding hydrogens is 178 g/mol. The van der Waals surface area contributed by atoms with Gasteiger partial charge in [0.15, 0.2) is 0 Å². The Morgan fingerprint density at radius 1 is 1.23 bits per heavy atom. The van der Waals surface area contributed by atoms with Crippen LogP contribution in [0.2, 0.25) is 0 Å². The van der Waals surface area contributed by atoms with E-state index in [0.29, 0.717) is 0 Å². The fourth-order valence-electron chi connectivity index (χ4n) is 1.32. The van der Waals surface area contributed by atoms with Crippen molar-refractivity contribution in [1.29, 1.82) is 0 Å². The fraction of sp³-hybridized carbons (Fsp3) is 0.455. The topological polar surface area (TPSA) is 12.0 Å². The molecule has 72 valence electrons. The van der Waals surface area contributed by atoms with Crippen molar-refractivity contribution < 1.29 is 0 Å². The average Bonchev–Trinajstić information content (AvgIpc) is 2.15. The fourth-order valence-corrected chi connectivity index (χ4v) is 1.48. The second kappa shape index (κ2) is 6.06. The summed E-state index contributed by atoms with van der Waals surface area (Å²) in [5.74, 6) is 0.910. The molecule has 0 aliphatic rings. The first-order valence-corrected chi connectivity index (χ1v) is 5.34. The van der Waals surface area contributed by atoms with Gasteiger partial charge in [0.2, 0.25) is 0 Å². The standard InChI is InChI=1S/C11H17NS/c1-10-4-2-3-5-11(10)6-7-12-8-9-13/h2-5,12-13H,6-9H2,1H3. The molecular formula is C11H17NS. The van der Waals surface area contributed by atoms with Gasteiger partial charge in [0.05, 0.1) is 0 Å². The van der Waals surface area contributed by atoms with Crippen LogP contribution in [0.25, 0.3) is 0 Å². The van der Waals surface area contributed by atoms with Crippen LogP contribution in [0.3, 0.4) is 0 Å². The molecule has 0 saturated carbocycles. The summed E-state index contributed by atoms with van der Waals surface area (Å²) in [5, 5.41) is 3.33. The average molecular weight is 195 g/mol. The zero-order valence-electron chi connectivity index (χ0n) is 8.09. The number of hydrogen-bond acceptors (Lipinski definition) is 2. The maximum absolute atomic E-state index is 4.14. The Labute approximate surface area is 86.0 Å². The van der Waals surface area contributed by atoms with E-state index in [0.717, 1.165) is 25.3 Å². The largest absolute Gasteiger partial charge is 0.316 e. The highest BCUT2D eigenvalue weighted by atomic mass is 32.1. The molecule has 1 aromatic carbocycles. The van der Waals surface area contributed by atoms with Gasteiger partial charge in [0.1, 0.15) is 0 Å². The molecule has 0 fully saturated rings. The van der Waals surface area contributed by atoms with Crippen LogP contribution in [-0.2, 0) is 6.42 Å². The second-order valence-corrected chi connectivity index (χ2v) is 3.60. The molecule has 2 heteroatoms. The van der Waals surface area contributed by atoms with Crippen molar-refractivity contribution in [3.8, 4) is 0 Å². The van der Waals surface area contributed by atoms with Gasteiger partial charge >= 0.3 is 0 Å². The van der Waals surface area contributed by atoms with Gasteiger partial charge < -0.3 is 5.32 Å². The Hall–Kier alpha value is -0.470. The highest BCUT2D eigenvalue weighted by molar-refractivity contribution is 7.80. The van der Waals surface area contributed by atoms with E-state index < -0.39 is 0 Å². The highest BCUT2D eigenvalue weighted by Crippen LogP contribution is 2.06. The lowest BCUT2D eigenvalue weighted by Gasteiger charge is -2.05. The third kappa shape index (κ3) is 3.83. The number of thiol groups is 1. The van der Waals surface area contributed by atoms with Crippen LogP contribution in [0.1, 0.15) is 11.1 Å². The summed E-state index contributed by atoms with van der Waals surface area (Å²) in [6.07, 6.45) is 1.11. The molecule has 0 heterocycles. The summed E-state index contributed by atoms with van der Waals surface area (Å²) < 4.78 is 0. The van der Waals surface area contributed by atoms with Crippen molar-refractivity contribution in [2.45, 2.75) is 13.3 Å². The summed E-state index contributed by atoms with van der Waals surface area (Å²) in [4.78, 5) is 0. The lowest BCUT2D eigenvalue weighted by molar-refractivity contribution is 0.720. The molecule has 1 N–H and O–H groups in total. The Bertz CT molecular complexity index is 248. The number of benzene rings is 1. The van der Waals surface area contributed by atoms with Gasteiger partial charge in [-0.15, -0.1) is 0 Å². The molecule has 0 bridgehead atoms. The van der Waals surface area contributed by atoms with Crippen molar-refractivity contribution in [1.82, 2.24) is 5.32 Å². The van der Waals surface area contributed by atoms with Crippen LogP contribution >= 0.6 is 12.6 Å². The van der Waals surface area contributed by atoms with Crippen LogP contribution in [0.5, 0.6) is 0 Å². The molecule has 0 radical (unpaired) electrons. The van der Waals surface area contributed by atoms with Crippen molar-refractivity contribution in [3.05, 3.63) is 35.4 Å². The van der Waals surface area contributed by atoms with E-state index >= 15 is 0 Å². The maximum Gasteiger partial charge on any atom is 0.00398 e. The van der Waals surface area contributed by atoms with Crippen LogP contribution in [0.15, 0.2) is 24.3 Å². The molecule has 13 heavy (non-hydrogen) atoms. The number of rotatable bonds is 5. The molecule has 0 aromatic heterocycles. The Morgan fingerprint density at radius 2 is 2.00 bits per heavy atom. The van der Waals surface area contributed by atoms with E-state index in [9.17, 15) is 0 Å². The number of nitrogens with one attached hydrogen (secondary N) is 1. The third-order valence-corrected chi connectivity index (χ3v) is 2.34. The summed E-state index contributed by atoms with van der Waals surface area (Å²) >= 11 is 4.14. The molecule has 0 aliphatic heterocycles. The zero-order valence-corrected chi connectivity index (χ0v) is 8.98. The van der Waals surface area contributed by atoms with E-state index in [4.69, 9.17) is 0 Å². The van der Waals surface area contributed by atoms with Crippen molar-refractivity contribution >= 4 is 12.6 Å². The third-order valence-electron chi connectivity index (χ3n) is 2.12. The van der Waals surface area contributed by atoms with Crippen LogP contribution in [0, 0.1) is 6.92 Å². The molecule has 1 aromatic rings. The predicted octanol–water partition coefficient (Wildman–Crippen LogP) is 2.06. The summed E-state index contributed by atoms with van der Waals surface area (Å²) in [5.41, 5.74) is 2.82. The molecule has 1 nitrogen and oxygen atoms in total. The molecule has 1 rings (SSSR count). The maximum atomic E-state index is 4.14. The van der Waals surface area contributed by atoms with E-state index in [2.05, 4.69) is 49.1 Å². The smallest absolute Gasteiger partial charge is 0.00398 e. The van der Waals surface area contributed by atoms with Crippen molar-refractivity contribution in [2.24, 2.45) is 0 Å². The van der Waals surface area contributed by atoms with Crippen LogP contribution in [-0.4, -0.2) is 18.8 Å². The Kier molecular flexibility index (Phi) is 4.94. The summed E-state index contributed by atoms with van der Waals surface area (Å²) in [7, 11) is 0. The van der Waals surface area contributed by atoms with E-state index in [1.54, 1.807) is 0 Å². The Morgan fingerprint density at radius 3 is 2.69 bits per heavy atom. The second-order valence-electron chi connectivity index (χ2n) is 3.15. The minimum Gasteiger partial charge on any atom is -0.316 e. The van der Waals surface area contributed by atoms with Crippen molar-refractivity contribution in [3.63, 3.8) is 0 Å². The molecule has 0 saturated heterocycles. The SMILES string of the molecule is Cc1ccccc1CCNCCS. The number of hydrogen-bond donors (Lipinski definition) is 2. The first-order chi connectivity index (χ1) is 6.34. The summed E-state index contributed by atoms with van der Waals surface area (Å²) in [6.45, 7) is 4.20. The van der Waals surface area contributed by atoms with E-state index in [1.165, 1.54) is 11.1 Å². The van der Waals surface area contributed by atoms with Gasteiger partial charge in [0.25, 0.3) is 0 Å². The predicted molar refractivity (Wildman–Crippen MR) is 61.6 cm³/mol. The van der Waals surface area contributed by atoms with Crippen molar-refractivity contribution in [2.75, 3.05) is 18.8 Å². The molecule has 0 amide bonds. The lowest BCUT2D eigenvalue weighted by atomic mass is 10.1. The Balaban J connectivity index is 2.32. The van der Waals surface area contributed by atoms with Crippen LogP contribution < -0.4 is 5.32 Å². The molecule has 0 atom stereocenters. The zero-order chi connectivity index (χ0) is 9.52. The van der Waals surface area contributed by atoms with Crippen LogP contribution in [0.4, 0.5) is 0 Å². The summed E-state index contributed by atoms with van der Waals surface area (Å²) in [6, 6.07) is 8.53. The number of aryl methyl sites for hydroxylation is 1. The molecule has 0 aliphatic carbocycles. The molecule has 0 unspecified atom stereocenters. The normalized spacial score (nSPS) is 10.3. The van der Waals surface area contributed by atoms with Gasteiger partial charge in [0, 0.05) is 12.3 Å². The minimum absolute atomic E-state index is 0.910. The van der Waals surface area contributed by atoms with Gasteiger partial charge in [-0.25, -0.2) is 0 Å². The van der Waals surface area contributed by atoms with Gasteiger partial charge in [-0.1, -0.05) is 24.3 Å². The minimum atomic E-state index is 0.910. The molecule has 0 spiro atoms. The van der Waals surface area contributed by atoms with E-state index in [-0.39, 0.29) is 0 Å². The lowest BCUT2D eigenvalue weighted by Crippen LogP contribution is -2.19. The van der Waals surface area contributed by atoms with Gasteiger partial charge in [-0.2, -0.15) is 12.6 Å². The van der Waals surface area contributed by atoms with Gasteiger partial charge in [-0.05, 0) is 31.0 Å². The monoisotopic (exact) mass is 195 g/mol. The highest BCUT2D eigenvalue weighted by Gasteiger charge is 1.95. The first kappa shape index (κ1) is 10.6. The quantitative estimate of drug-likeness (QED) is 0.541. The first-order valence-electron chi connectivity index (χ1n) is 4.70. The van der Waals surface area contributed by atoms with E-state index in [1.807, 2.05) is 0 Å². The van der Waals surface area contributed by atoms with Gasteiger partial charge in [-0.3, -0.25) is 0 Å².